The van der Waals surface area contributed by atoms with Crippen LogP contribution >= 0.6 is 0 Å². The van der Waals surface area contributed by atoms with Gasteiger partial charge in [-0.1, -0.05) is 26.0 Å². The molecule has 0 saturated carbocycles. The Labute approximate surface area is 121 Å². The minimum absolute atomic E-state index is 0.00448. The maximum absolute atomic E-state index is 12.3. The van der Waals surface area contributed by atoms with Crippen LogP contribution in [0, 0.1) is 5.41 Å². The largest absolute Gasteiger partial charge is 0.324 e. The Kier molecular flexibility index (Phi) is 4.33. The molecular weight excluding hydrogens is 250 g/mol. The molecule has 2 N–H and O–H groups in total. The lowest BCUT2D eigenvalue weighted by molar-refractivity contribution is 0.217. The zero-order valence-corrected chi connectivity index (χ0v) is 12.9. The van der Waals surface area contributed by atoms with Crippen LogP contribution in [0.4, 0.5) is 10.5 Å². The summed E-state index contributed by atoms with van der Waals surface area (Å²) in [5, 5.41) is 6.20. The average Bonchev–Trinajstić information content (AvgIpc) is 2.78. The van der Waals surface area contributed by atoms with Crippen molar-refractivity contribution in [2.75, 3.05) is 25.5 Å². The van der Waals surface area contributed by atoms with Crippen LogP contribution in [-0.4, -0.2) is 31.1 Å². The number of carbonyl (C=O) groups is 1. The van der Waals surface area contributed by atoms with Gasteiger partial charge in [-0.25, -0.2) is 4.79 Å². The number of carbonyl (C=O) groups excluding carboxylic acids is 1. The molecule has 110 valence electrons. The predicted molar refractivity (Wildman–Crippen MR) is 82.9 cm³/mol. The Bertz CT molecular complexity index is 484. The third kappa shape index (κ3) is 3.51. The molecule has 20 heavy (non-hydrogen) atoms. The molecule has 1 atom stereocenters. The Morgan fingerprint density at radius 1 is 1.40 bits per heavy atom. The van der Waals surface area contributed by atoms with Crippen molar-refractivity contribution in [3.05, 3.63) is 29.8 Å². The van der Waals surface area contributed by atoms with E-state index in [0.717, 1.165) is 25.2 Å². The van der Waals surface area contributed by atoms with Gasteiger partial charge in [0.25, 0.3) is 0 Å². The summed E-state index contributed by atoms with van der Waals surface area (Å²) in [6.07, 6.45) is 1.07. The minimum Gasteiger partial charge on any atom is -0.324 e. The monoisotopic (exact) mass is 275 g/mol. The second-order valence-electron chi connectivity index (χ2n) is 6.40. The fourth-order valence-corrected chi connectivity index (χ4v) is 2.54. The van der Waals surface area contributed by atoms with E-state index in [1.807, 2.05) is 30.1 Å². The lowest BCUT2D eigenvalue weighted by Crippen LogP contribution is -2.34. The molecule has 1 heterocycles. The molecule has 4 nitrogen and oxygen atoms in total. The highest BCUT2D eigenvalue weighted by molar-refractivity contribution is 5.89. The molecule has 0 aliphatic carbocycles. The molecule has 1 saturated heterocycles. The molecule has 1 aliphatic heterocycles. The van der Waals surface area contributed by atoms with Crippen LogP contribution in [0.2, 0.25) is 0 Å². The first-order chi connectivity index (χ1) is 9.41. The zero-order valence-electron chi connectivity index (χ0n) is 12.9. The molecule has 4 heteroatoms. The first kappa shape index (κ1) is 14.9. The van der Waals surface area contributed by atoms with Crippen LogP contribution in [0.5, 0.6) is 0 Å². The van der Waals surface area contributed by atoms with E-state index in [-0.39, 0.29) is 17.5 Å². The van der Waals surface area contributed by atoms with Gasteiger partial charge in [-0.05, 0) is 43.5 Å². The van der Waals surface area contributed by atoms with Gasteiger partial charge >= 0.3 is 6.03 Å². The topological polar surface area (TPSA) is 44.4 Å². The molecule has 2 amide bonds. The molecule has 2 rings (SSSR count). The van der Waals surface area contributed by atoms with E-state index in [0.29, 0.717) is 0 Å². The fraction of sp³-hybridized carbons (Fsp3) is 0.562. The number of hydrogen-bond donors (Lipinski definition) is 2. The van der Waals surface area contributed by atoms with E-state index in [2.05, 4.69) is 37.5 Å². The van der Waals surface area contributed by atoms with Crippen LogP contribution in [0.15, 0.2) is 24.3 Å². The maximum Gasteiger partial charge on any atom is 0.321 e. The Morgan fingerprint density at radius 3 is 2.75 bits per heavy atom. The van der Waals surface area contributed by atoms with Crippen molar-refractivity contribution in [1.29, 1.82) is 0 Å². The third-order valence-corrected chi connectivity index (χ3v) is 4.04. The van der Waals surface area contributed by atoms with Gasteiger partial charge in [0.15, 0.2) is 0 Å². The van der Waals surface area contributed by atoms with E-state index < -0.39 is 0 Å². The van der Waals surface area contributed by atoms with Crippen LogP contribution < -0.4 is 10.6 Å². The molecule has 1 aromatic carbocycles. The molecule has 0 spiro atoms. The number of benzene rings is 1. The first-order valence-corrected chi connectivity index (χ1v) is 7.24. The summed E-state index contributed by atoms with van der Waals surface area (Å²) >= 11 is 0. The fourth-order valence-electron chi connectivity index (χ4n) is 2.54. The van der Waals surface area contributed by atoms with Crippen LogP contribution in [0.25, 0.3) is 0 Å². The number of rotatable bonds is 3. The SMILES string of the molecule is CNC(C)c1cccc(NC(=O)N2CCC(C)(C)C2)c1. The minimum atomic E-state index is 0.00448. The van der Waals surface area contributed by atoms with Gasteiger partial charge in [0, 0.05) is 24.8 Å². The van der Waals surface area contributed by atoms with Gasteiger partial charge in [0.1, 0.15) is 0 Å². The van der Waals surface area contributed by atoms with Crippen LogP contribution in [0.1, 0.15) is 38.8 Å². The van der Waals surface area contributed by atoms with Crippen molar-refractivity contribution in [3.63, 3.8) is 0 Å². The van der Waals surface area contributed by atoms with E-state index in [9.17, 15) is 4.79 Å². The standard InChI is InChI=1S/C16H25N3O/c1-12(17-4)13-6-5-7-14(10-13)18-15(20)19-9-8-16(2,3)11-19/h5-7,10,12,17H,8-9,11H2,1-4H3,(H,18,20). The quantitative estimate of drug-likeness (QED) is 0.889. The number of nitrogens with zero attached hydrogens (tertiary/aromatic N) is 1. The molecule has 0 radical (unpaired) electrons. The number of amides is 2. The Balaban J connectivity index is 2.01. The van der Waals surface area contributed by atoms with Crippen molar-refractivity contribution in [3.8, 4) is 0 Å². The van der Waals surface area contributed by atoms with E-state index in [4.69, 9.17) is 0 Å². The maximum atomic E-state index is 12.3. The number of urea groups is 1. The average molecular weight is 275 g/mol. The smallest absolute Gasteiger partial charge is 0.321 e. The molecular formula is C16H25N3O. The summed E-state index contributed by atoms with van der Waals surface area (Å²) < 4.78 is 0. The lowest BCUT2D eigenvalue weighted by Gasteiger charge is -2.20. The highest BCUT2D eigenvalue weighted by Crippen LogP contribution is 2.29. The third-order valence-electron chi connectivity index (χ3n) is 4.04. The molecule has 1 aliphatic rings. The van der Waals surface area contributed by atoms with Crippen molar-refractivity contribution in [2.24, 2.45) is 5.41 Å². The number of likely N-dealkylation sites (tertiary alicyclic amines) is 1. The van der Waals surface area contributed by atoms with Gasteiger partial charge in [-0.3, -0.25) is 0 Å². The van der Waals surface area contributed by atoms with Gasteiger partial charge in [-0.2, -0.15) is 0 Å². The van der Waals surface area contributed by atoms with E-state index >= 15 is 0 Å². The van der Waals surface area contributed by atoms with E-state index in [1.54, 1.807) is 0 Å². The van der Waals surface area contributed by atoms with Gasteiger partial charge in [0.05, 0.1) is 0 Å². The number of hydrogen-bond acceptors (Lipinski definition) is 2. The summed E-state index contributed by atoms with van der Waals surface area (Å²) in [6.45, 7) is 8.17. The lowest BCUT2D eigenvalue weighted by atomic mass is 9.93. The summed E-state index contributed by atoms with van der Waals surface area (Å²) in [7, 11) is 1.93. The molecule has 0 aromatic heterocycles. The zero-order chi connectivity index (χ0) is 14.8. The number of anilines is 1. The van der Waals surface area contributed by atoms with Crippen LogP contribution in [-0.2, 0) is 0 Å². The van der Waals surface area contributed by atoms with Crippen LogP contribution in [0.3, 0.4) is 0 Å². The molecule has 1 unspecified atom stereocenters. The Morgan fingerprint density at radius 2 is 2.15 bits per heavy atom. The van der Waals surface area contributed by atoms with Crippen molar-refractivity contribution < 1.29 is 4.79 Å². The summed E-state index contributed by atoms with van der Waals surface area (Å²) in [5.41, 5.74) is 2.27. The van der Waals surface area contributed by atoms with Gasteiger partial charge in [0.2, 0.25) is 0 Å². The van der Waals surface area contributed by atoms with E-state index in [1.165, 1.54) is 5.56 Å². The van der Waals surface area contributed by atoms with Gasteiger partial charge < -0.3 is 15.5 Å². The van der Waals surface area contributed by atoms with Crippen molar-refractivity contribution in [1.82, 2.24) is 10.2 Å². The second-order valence-corrected chi connectivity index (χ2v) is 6.40. The first-order valence-electron chi connectivity index (χ1n) is 7.24. The molecule has 1 fully saturated rings. The highest BCUT2D eigenvalue weighted by atomic mass is 16.2. The Hall–Kier alpha value is -1.55. The predicted octanol–water partition coefficient (Wildman–Crippen LogP) is 3.23. The molecule has 1 aromatic rings. The highest BCUT2D eigenvalue weighted by Gasteiger charge is 2.31. The summed E-state index contributed by atoms with van der Waals surface area (Å²) in [4.78, 5) is 14.1. The van der Waals surface area contributed by atoms with Gasteiger partial charge in [-0.15, -0.1) is 0 Å². The second kappa shape index (κ2) is 5.83. The molecule has 0 bridgehead atoms. The van der Waals surface area contributed by atoms with Crippen molar-refractivity contribution in [2.45, 2.75) is 33.2 Å². The summed E-state index contributed by atoms with van der Waals surface area (Å²) in [5.74, 6) is 0. The van der Waals surface area contributed by atoms with Crippen molar-refractivity contribution >= 4 is 11.7 Å². The number of nitrogens with one attached hydrogen (secondary N) is 2. The summed E-state index contributed by atoms with van der Waals surface area (Å²) in [6, 6.07) is 8.29. The normalized spacial score (nSPS) is 18.9.